The molecule has 0 aliphatic rings. The van der Waals surface area contributed by atoms with Crippen LogP contribution in [0.5, 0.6) is 0 Å². The van der Waals surface area contributed by atoms with Crippen LogP contribution in [-0.4, -0.2) is 21.6 Å². The second-order valence-corrected chi connectivity index (χ2v) is 3.39. The predicted octanol–water partition coefficient (Wildman–Crippen LogP) is 2.29. The van der Waals surface area contributed by atoms with Gasteiger partial charge in [0.15, 0.2) is 0 Å². The molecular weight excluding hydrogens is 203 g/mol. The van der Waals surface area contributed by atoms with Crippen LogP contribution in [0.4, 0.5) is 18.3 Å². The van der Waals surface area contributed by atoms with Crippen molar-refractivity contribution in [3.05, 3.63) is 6.33 Å². The topological polar surface area (TPSA) is 37.8 Å². The average Bonchev–Trinajstić information content (AvgIpc) is 2.34. The van der Waals surface area contributed by atoms with Gasteiger partial charge in [0.25, 0.3) is 0 Å². The molecule has 1 aromatic rings. The number of hydrogen-bond acceptors (Lipinski definition) is 4. The minimum Gasteiger partial charge on any atom is -0.357 e. The third-order valence-electron chi connectivity index (χ3n) is 1.27. The first-order valence-corrected chi connectivity index (χ1v) is 4.34. The van der Waals surface area contributed by atoms with E-state index in [1.54, 1.807) is 0 Å². The number of alkyl halides is 3. The Labute approximate surface area is 77.2 Å². The zero-order chi connectivity index (χ0) is 9.90. The fourth-order valence-corrected chi connectivity index (χ4v) is 1.39. The molecule has 1 N–H and O–H groups in total. The van der Waals surface area contributed by atoms with Gasteiger partial charge in [0.2, 0.25) is 5.13 Å². The quantitative estimate of drug-likeness (QED) is 0.833. The summed E-state index contributed by atoms with van der Waals surface area (Å²) in [6.07, 6.45) is -3.71. The van der Waals surface area contributed by atoms with Gasteiger partial charge >= 0.3 is 6.18 Å². The fourth-order valence-electron chi connectivity index (χ4n) is 0.846. The number of hydrogen-bond donors (Lipinski definition) is 1. The highest BCUT2D eigenvalue weighted by Gasteiger charge is 2.30. The van der Waals surface area contributed by atoms with Crippen LogP contribution in [-0.2, 0) is 0 Å². The largest absolute Gasteiger partial charge is 0.391 e. The van der Waals surface area contributed by atoms with E-state index in [4.69, 9.17) is 0 Å². The monoisotopic (exact) mass is 211 g/mol. The van der Waals surface area contributed by atoms with Crippen molar-refractivity contribution in [3.8, 4) is 0 Å². The SMILES string of the molecule is CC(CC(F)(F)F)Nc1ncns1. The van der Waals surface area contributed by atoms with Crippen LogP contribution >= 0.6 is 11.5 Å². The van der Waals surface area contributed by atoms with Crippen LogP contribution in [0.25, 0.3) is 0 Å². The Balaban J connectivity index is 2.38. The van der Waals surface area contributed by atoms with Crippen molar-refractivity contribution in [2.45, 2.75) is 25.6 Å². The molecule has 13 heavy (non-hydrogen) atoms. The van der Waals surface area contributed by atoms with E-state index in [1.807, 2.05) is 0 Å². The summed E-state index contributed by atoms with van der Waals surface area (Å²) in [6.45, 7) is 1.45. The zero-order valence-corrected chi connectivity index (χ0v) is 7.61. The molecule has 7 heteroatoms. The lowest BCUT2D eigenvalue weighted by Gasteiger charge is -2.14. The van der Waals surface area contributed by atoms with Crippen LogP contribution in [0.3, 0.4) is 0 Å². The van der Waals surface area contributed by atoms with Crippen LogP contribution in [0, 0.1) is 0 Å². The summed E-state index contributed by atoms with van der Waals surface area (Å²) in [7, 11) is 0. The standard InChI is InChI=1S/C6H8F3N3S/c1-4(2-6(7,8)9)12-5-10-3-11-13-5/h3-4H,2H2,1H3,(H,10,11,12). The van der Waals surface area contributed by atoms with Gasteiger partial charge in [-0.25, -0.2) is 4.98 Å². The molecule has 0 saturated carbocycles. The molecule has 0 spiro atoms. The molecule has 1 rings (SSSR count). The molecular formula is C6H8F3N3S. The molecule has 1 heterocycles. The summed E-state index contributed by atoms with van der Waals surface area (Å²) in [5.41, 5.74) is 0. The Morgan fingerprint density at radius 3 is 2.77 bits per heavy atom. The summed E-state index contributed by atoms with van der Waals surface area (Å²) in [6, 6.07) is -0.673. The van der Waals surface area contributed by atoms with Crippen molar-refractivity contribution in [3.63, 3.8) is 0 Å². The van der Waals surface area contributed by atoms with Crippen LogP contribution in [0.2, 0.25) is 0 Å². The molecule has 0 aliphatic heterocycles. The molecule has 0 bridgehead atoms. The van der Waals surface area contributed by atoms with Gasteiger partial charge in [-0.2, -0.15) is 17.5 Å². The van der Waals surface area contributed by atoms with E-state index >= 15 is 0 Å². The molecule has 0 fully saturated rings. The van der Waals surface area contributed by atoms with Crippen LogP contribution in [0.1, 0.15) is 13.3 Å². The van der Waals surface area contributed by atoms with Crippen molar-refractivity contribution in [1.29, 1.82) is 0 Å². The number of aromatic nitrogens is 2. The van der Waals surface area contributed by atoms with Gasteiger partial charge in [-0.15, -0.1) is 0 Å². The maximum Gasteiger partial charge on any atom is 0.391 e. The summed E-state index contributed by atoms with van der Waals surface area (Å²) in [5, 5.41) is 3.02. The first-order chi connectivity index (χ1) is 5.97. The summed E-state index contributed by atoms with van der Waals surface area (Å²) in [5.74, 6) is 0. The second-order valence-electron chi connectivity index (χ2n) is 2.61. The van der Waals surface area contributed by atoms with E-state index in [-0.39, 0.29) is 0 Å². The Hall–Kier alpha value is -0.850. The number of anilines is 1. The van der Waals surface area contributed by atoms with E-state index in [9.17, 15) is 13.2 Å². The zero-order valence-electron chi connectivity index (χ0n) is 6.80. The van der Waals surface area contributed by atoms with Gasteiger partial charge in [0.05, 0.1) is 6.42 Å². The van der Waals surface area contributed by atoms with Gasteiger partial charge in [-0.05, 0) is 6.92 Å². The Morgan fingerprint density at radius 1 is 1.62 bits per heavy atom. The third kappa shape index (κ3) is 4.07. The molecule has 0 saturated heterocycles. The minimum atomic E-state index is -4.14. The maximum atomic E-state index is 11.9. The average molecular weight is 211 g/mol. The minimum absolute atomic E-state index is 0.414. The van der Waals surface area contributed by atoms with Crippen LogP contribution in [0.15, 0.2) is 6.33 Å². The lowest BCUT2D eigenvalue weighted by atomic mass is 10.2. The molecule has 0 amide bonds. The highest BCUT2D eigenvalue weighted by Crippen LogP contribution is 2.23. The molecule has 0 aliphatic carbocycles. The molecule has 0 radical (unpaired) electrons. The number of rotatable bonds is 3. The summed E-state index contributed by atoms with van der Waals surface area (Å²) < 4.78 is 39.2. The lowest BCUT2D eigenvalue weighted by Crippen LogP contribution is -2.23. The molecule has 1 atom stereocenters. The highest BCUT2D eigenvalue weighted by molar-refractivity contribution is 7.09. The van der Waals surface area contributed by atoms with Gasteiger partial charge in [-0.1, -0.05) is 0 Å². The van der Waals surface area contributed by atoms with Gasteiger partial charge in [0, 0.05) is 17.6 Å². The lowest BCUT2D eigenvalue weighted by molar-refractivity contribution is -0.136. The number of nitrogens with zero attached hydrogens (tertiary/aromatic N) is 2. The van der Waals surface area contributed by atoms with E-state index in [2.05, 4.69) is 14.7 Å². The van der Waals surface area contributed by atoms with Crippen molar-refractivity contribution in [2.75, 3.05) is 5.32 Å². The van der Waals surface area contributed by atoms with Gasteiger partial charge < -0.3 is 5.32 Å². The van der Waals surface area contributed by atoms with Crippen molar-refractivity contribution in [1.82, 2.24) is 9.36 Å². The molecule has 74 valence electrons. The van der Waals surface area contributed by atoms with Crippen molar-refractivity contribution < 1.29 is 13.2 Å². The van der Waals surface area contributed by atoms with E-state index in [1.165, 1.54) is 13.3 Å². The van der Waals surface area contributed by atoms with E-state index < -0.39 is 18.6 Å². The smallest absolute Gasteiger partial charge is 0.357 e. The van der Waals surface area contributed by atoms with Gasteiger partial charge in [-0.3, -0.25) is 0 Å². The third-order valence-corrected chi connectivity index (χ3v) is 1.86. The highest BCUT2D eigenvalue weighted by atomic mass is 32.1. The van der Waals surface area contributed by atoms with E-state index in [0.717, 1.165) is 11.5 Å². The first-order valence-electron chi connectivity index (χ1n) is 3.57. The normalized spacial score (nSPS) is 14.2. The summed E-state index contributed by atoms with van der Waals surface area (Å²) in [4.78, 5) is 3.72. The Morgan fingerprint density at radius 2 is 2.31 bits per heavy atom. The summed E-state index contributed by atoms with van der Waals surface area (Å²) >= 11 is 1.04. The first kappa shape index (κ1) is 10.2. The number of nitrogens with one attached hydrogen (secondary N) is 1. The number of halogens is 3. The van der Waals surface area contributed by atoms with Crippen molar-refractivity contribution in [2.24, 2.45) is 0 Å². The predicted molar refractivity (Wildman–Crippen MR) is 43.7 cm³/mol. The molecule has 3 nitrogen and oxygen atoms in total. The van der Waals surface area contributed by atoms with Gasteiger partial charge in [0.1, 0.15) is 6.33 Å². The fraction of sp³-hybridized carbons (Fsp3) is 0.667. The second kappa shape index (κ2) is 3.91. The molecule has 0 aromatic carbocycles. The Kier molecular flexibility index (Phi) is 3.07. The van der Waals surface area contributed by atoms with E-state index in [0.29, 0.717) is 5.13 Å². The molecule has 1 unspecified atom stereocenters. The van der Waals surface area contributed by atoms with Crippen LogP contribution < -0.4 is 5.32 Å². The molecule has 1 aromatic heterocycles. The maximum absolute atomic E-state index is 11.9. The van der Waals surface area contributed by atoms with Crippen molar-refractivity contribution >= 4 is 16.7 Å². The Bertz CT molecular complexity index is 246.